The Hall–Kier alpha value is -2.47. The van der Waals surface area contributed by atoms with Gasteiger partial charge in [0, 0.05) is 18.9 Å². The average Bonchev–Trinajstić information content (AvgIpc) is 2.70. The highest BCUT2D eigenvalue weighted by Crippen LogP contribution is 2.27. The molecule has 0 bridgehead atoms. The number of aromatic nitrogens is 2. The summed E-state index contributed by atoms with van der Waals surface area (Å²) in [5.74, 6) is 0.917. The molecule has 1 fully saturated rings. The summed E-state index contributed by atoms with van der Waals surface area (Å²) in [6.07, 6.45) is 4.42. The van der Waals surface area contributed by atoms with E-state index in [1.54, 1.807) is 12.4 Å². The summed E-state index contributed by atoms with van der Waals surface area (Å²) in [4.78, 5) is 24.6. The molecule has 3 rings (SSSR count). The van der Waals surface area contributed by atoms with Gasteiger partial charge in [-0.25, -0.2) is 9.97 Å². The molecule has 0 radical (unpaired) electrons. The zero-order valence-electron chi connectivity index (χ0n) is 19.1. The molecule has 30 heavy (non-hydrogen) atoms. The second-order valence-electron chi connectivity index (χ2n) is 9.40. The molecule has 2 N–H and O–H groups in total. The summed E-state index contributed by atoms with van der Waals surface area (Å²) in [6.45, 7) is 15.9. The summed E-state index contributed by atoms with van der Waals surface area (Å²) in [5.41, 5.74) is 5.51. The van der Waals surface area contributed by atoms with Crippen LogP contribution < -0.4 is 15.1 Å². The van der Waals surface area contributed by atoms with E-state index in [4.69, 9.17) is 0 Å². The number of amides is 1. The van der Waals surface area contributed by atoms with Gasteiger partial charge >= 0.3 is 0 Å². The Morgan fingerprint density at radius 2 is 1.70 bits per heavy atom. The molecule has 1 aromatic heterocycles. The number of benzene rings is 1. The number of hydrogen-bond acceptors (Lipinski definition) is 4. The second kappa shape index (κ2) is 9.56. The molecule has 1 amide bonds. The number of piperazine rings is 1. The van der Waals surface area contributed by atoms with Crippen LogP contribution in [0.1, 0.15) is 43.0 Å². The quantitative estimate of drug-likeness (QED) is 0.757. The van der Waals surface area contributed by atoms with Crippen LogP contribution in [0.2, 0.25) is 0 Å². The molecule has 2 heterocycles. The molecule has 2 aromatic rings. The summed E-state index contributed by atoms with van der Waals surface area (Å²) in [6, 6.07) is 6.42. The van der Waals surface area contributed by atoms with Crippen LogP contribution in [0.5, 0.6) is 0 Å². The van der Waals surface area contributed by atoms with Crippen molar-refractivity contribution >= 4 is 11.9 Å². The minimum absolute atomic E-state index is 0.135. The Balaban J connectivity index is 1.44. The molecule has 0 atom stereocenters. The van der Waals surface area contributed by atoms with Crippen molar-refractivity contribution < 1.29 is 9.69 Å². The van der Waals surface area contributed by atoms with E-state index >= 15 is 0 Å². The molecular weight excluding hydrogens is 374 g/mol. The first-order valence-corrected chi connectivity index (χ1v) is 11.0. The van der Waals surface area contributed by atoms with Crippen molar-refractivity contribution in [2.45, 2.75) is 46.5 Å². The fraction of sp³-hybridized carbons (Fsp3) is 0.542. The lowest BCUT2D eigenvalue weighted by Crippen LogP contribution is -3.16. The Morgan fingerprint density at radius 1 is 1.10 bits per heavy atom. The summed E-state index contributed by atoms with van der Waals surface area (Å²) in [7, 11) is 0. The summed E-state index contributed by atoms with van der Waals surface area (Å²) < 4.78 is 0. The first-order chi connectivity index (χ1) is 14.2. The van der Waals surface area contributed by atoms with Crippen LogP contribution in [0.4, 0.5) is 5.95 Å². The van der Waals surface area contributed by atoms with E-state index in [1.165, 1.54) is 27.2 Å². The van der Waals surface area contributed by atoms with Gasteiger partial charge in [-0.05, 0) is 54.0 Å². The smallest absolute Gasteiger partial charge is 0.275 e. The van der Waals surface area contributed by atoms with E-state index in [0.29, 0.717) is 13.1 Å². The predicted octanol–water partition coefficient (Wildman–Crippen LogP) is 1.45. The highest BCUT2D eigenvalue weighted by atomic mass is 16.2. The van der Waals surface area contributed by atoms with Gasteiger partial charge in [-0.15, -0.1) is 0 Å². The number of anilines is 1. The molecule has 162 valence electrons. The van der Waals surface area contributed by atoms with E-state index in [1.807, 2.05) is 6.07 Å². The number of nitrogens with zero attached hydrogens (tertiary/aromatic N) is 3. The number of nitrogens with one attached hydrogen (secondary N) is 2. The first kappa shape index (κ1) is 22.2. The fourth-order valence-corrected chi connectivity index (χ4v) is 4.09. The van der Waals surface area contributed by atoms with Gasteiger partial charge < -0.3 is 15.1 Å². The molecule has 1 saturated heterocycles. The fourth-order valence-electron chi connectivity index (χ4n) is 4.09. The summed E-state index contributed by atoms with van der Waals surface area (Å²) in [5, 5.41) is 3.12. The van der Waals surface area contributed by atoms with Crippen molar-refractivity contribution in [2.75, 3.05) is 44.2 Å². The highest BCUT2D eigenvalue weighted by Gasteiger charge is 2.23. The third-order valence-corrected chi connectivity index (χ3v) is 5.98. The molecule has 6 heteroatoms. The van der Waals surface area contributed by atoms with Crippen LogP contribution in [0.25, 0.3) is 0 Å². The second-order valence-corrected chi connectivity index (χ2v) is 9.40. The number of quaternary nitrogens is 1. The molecule has 1 aliphatic heterocycles. The SMILES string of the molecule is Cc1cc(C(C)(C)C)cc(C)c1CCNC(=O)C[NH+]1CCN(c2ncccn2)CC1. The Kier molecular flexibility index (Phi) is 7.08. The van der Waals surface area contributed by atoms with Crippen molar-refractivity contribution in [1.82, 2.24) is 15.3 Å². The van der Waals surface area contributed by atoms with E-state index in [0.717, 1.165) is 38.5 Å². The van der Waals surface area contributed by atoms with E-state index in [2.05, 4.69) is 66.9 Å². The molecule has 0 unspecified atom stereocenters. The van der Waals surface area contributed by atoms with Crippen molar-refractivity contribution in [3.8, 4) is 0 Å². The predicted molar refractivity (Wildman–Crippen MR) is 121 cm³/mol. The van der Waals surface area contributed by atoms with Gasteiger partial charge in [0.25, 0.3) is 5.91 Å². The number of aryl methyl sites for hydroxylation is 2. The zero-order chi connectivity index (χ0) is 21.7. The van der Waals surface area contributed by atoms with Crippen LogP contribution in [0, 0.1) is 13.8 Å². The average molecular weight is 411 g/mol. The maximum atomic E-state index is 12.4. The monoisotopic (exact) mass is 410 g/mol. The first-order valence-electron chi connectivity index (χ1n) is 11.0. The lowest BCUT2D eigenvalue weighted by molar-refractivity contribution is -0.892. The van der Waals surface area contributed by atoms with Crippen molar-refractivity contribution in [3.63, 3.8) is 0 Å². The third kappa shape index (κ3) is 5.79. The molecule has 0 spiro atoms. The van der Waals surface area contributed by atoms with E-state index in [9.17, 15) is 4.79 Å². The minimum Gasteiger partial charge on any atom is -0.351 e. The van der Waals surface area contributed by atoms with Crippen LogP contribution in [-0.2, 0) is 16.6 Å². The van der Waals surface area contributed by atoms with E-state index in [-0.39, 0.29) is 11.3 Å². The maximum absolute atomic E-state index is 12.4. The lowest BCUT2D eigenvalue weighted by atomic mass is 9.83. The van der Waals surface area contributed by atoms with Crippen LogP contribution in [-0.4, -0.2) is 55.1 Å². The van der Waals surface area contributed by atoms with Gasteiger partial charge in [0.1, 0.15) is 0 Å². The minimum atomic E-state index is 0.135. The van der Waals surface area contributed by atoms with Gasteiger partial charge in [0.2, 0.25) is 5.95 Å². The number of carbonyl (C=O) groups is 1. The van der Waals surface area contributed by atoms with Crippen molar-refractivity contribution in [1.29, 1.82) is 0 Å². The van der Waals surface area contributed by atoms with Gasteiger partial charge in [-0.1, -0.05) is 32.9 Å². The van der Waals surface area contributed by atoms with Gasteiger partial charge in [0.15, 0.2) is 6.54 Å². The molecule has 1 aliphatic rings. The van der Waals surface area contributed by atoms with Gasteiger partial charge in [-0.2, -0.15) is 0 Å². The Labute approximate surface area is 180 Å². The number of rotatable bonds is 6. The molecular formula is C24H36N5O+. The van der Waals surface area contributed by atoms with Crippen LogP contribution in [0.15, 0.2) is 30.6 Å². The normalized spacial score (nSPS) is 15.3. The van der Waals surface area contributed by atoms with Crippen LogP contribution >= 0.6 is 0 Å². The van der Waals surface area contributed by atoms with E-state index < -0.39 is 0 Å². The highest BCUT2D eigenvalue weighted by molar-refractivity contribution is 5.76. The zero-order valence-corrected chi connectivity index (χ0v) is 19.1. The number of hydrogen-bond donors (Lipinski definition) is 2. The molecule has 1 aromatic carbocycles. The van der Waals surface area contributed by atoms with Gasteiger partial charge in [0.05, 0.1) is 26.2 Å². The standard InChI is InChI=1S/C24H35N5O/c1-18-15-20(24(3,4)5)16-19(2)21(18)7-10-25-22(30)17-28-11-13-29(14-12-28)23-26-8-6-9-27-23/h6,8-9,15-16H,7,10-14,17H2,1-5H3,(H,25,30)/p+1. The maximum Gasteiger partial charge on any atom is 0.275 e. The lowest BCUT2D eigenvalue weighted by Gasteiger charge is -2.31. The molecule has 6 nitrogen and oxygen atoms in total. The third-order valence-electron chi connectivity index (χ3n) is 5.98. The molecule has 0 aliphatic carbocycles. The largest absolute Gasteiger partial charge is 0.351 e. The van der Waals surface area contributed by atoms with Crippen molar-refractivity contribution in [2.24, 2.45) is 0 Å². The topological polar surface area (TPSA) is 62.6 Å². The van der Waals surface area contributed by atoms with Crippen LogP contribution in [0.3, 0.4) is 0 Å². The molecule has 0 saturated carbocycles. The van der Waals surface area contributed by atoms with Crippen molar-refractivity contribution in [3.05, 3.63) is 52.8 Å². The Bertz CT molecular complexity index is 829. The number of carbonyl (C=O) groups excluding carboxylic acids is 1. The summed E-state index contributed by atoms with van der Waals surface area (Å²) >= 11 is 0. The Morgan fingerprint density at radius 3 is 2.27 bits per heavy atom. The van der Waals surface area contributed by atoms with Gasteiger partial charge in [-0.3, -0.25) is 4.79 Å².